The number of hydrogen-bond donors (Lipinski definition) is 3. The summed E-state index contributed by atoms with van der Waals surface area (Å²) >= 11 is 0. The fourth-order valence-electron chi connectivity index (χ4n) is 2.19. The number of anilines is 1. The maximum absolute atomic E-state index is 12.4. The number of aromatic nitrogens is 3. The Morgan fingerprint density at radius 1 is 1.29 bits per heavy atom. The van der Waals surface area contributed by atoms with Gasteiger partial charge in [0.1, 0.15) is 6.04 Å². The summed E-state index contributed by atoms with van der Waals surface area (Å²) in [5.41, 5.74) is 2.34. The van der Waals surface area contributed by atoms with Crippen LogP contribution in [0.15, 0.2) is 48.8 Å². The number of rotatable bonds is 4. The fourth-order valence-corrected chi connectivity index (χ4v) is 2.19. The van der Waals surface area contributed by atoms with Crippen molar-refractivity contribution < 1.29 is 4.79 Å². The Kier molecular flexibility index (Phi) is 3.61. The minimum Gasteiger partial charge on any atom is -0.324 e. The molecule has 1 amide bonds. The van der Waals surface area contributed by atoms with E-state index in [1.54, 1.807) is 19.4 Å². The number of benzene rings is 1. The molecule has 0 radical (unpaired) electrons. The van der Waals surface area contributed by atoms with Gasteiger partial charge < -0.3 is 10.6 Å². The van der Waals surface area contributed by atoms with Crippen molar-refractivity contribution in [2.45, 2.75) is 6.04 Å². The fraction of sp³-hybridized carbons (Fsp3) is 0.133. The van der Waals surface area contributed by atoms with Crippen LogP contribution in [0.3, 0.4) is 0 Å². The Labute approximate surface area is 121 Å². The number of amides is 1. The van der Waals surface area contributed by atoms with E-state index in [1.807, 2.05) is 36.4 Å². The van der Waals surface area contributed by atoms with Gasteiger partial charge in [-0.25, -0.2) is 0 Å². The van der Waals surface area contributed by atoms with Crippen molar-refractivity contribution in [1.82, 2.24) is 20.5 Å². The average Bonchev–Trinajstić information content (AvgIpc) is 2.96. The molecule has 3 aromatic rings. The van der Waals surface area contributed by atoms with Crippen LogP contribution in [0.2, 0.25) is 0 Å². The summed E-state index contributed by atoms with van der Waals surface area (Å²) in [5, 5.41) is 13.7. The summed E-state index contributed by atoms with van der Waals surface area (Å²) in [4.78, 5) is 16.6. The van der Waals surface area contributed by atoms with Crippen LogP contribution in [0.1, 0.15) is 11.7 Å². The second-order valence-electron chi connectivity index (χ2n) is 4.64. The Morgan fingerprint density at radius 3 is 2.95 bits per heavy atom. The molecule has 1 unspecified atom stereocenters. The number of H-pyrrole nitrogens is 1. The van der Waals surface area contributed by atoms with Crippen molar-refractivity contribution in [3.05, 3.63) is 54.5 Å². The predicted octanol–water partition coefficient (Wildman–Crippen LogP) is 1.86. The molecule has 3 N–H and O–H groups in total. The Hall–Kier alpha value is -2.73. The molecule has 0 fully saturated rings. The quantitative estimate of drug-likeness (QED) is 0.681. The van der Waals surface area contributed by atoms with Crippen LogP contribution < -0.4 is 10.6 Å². The van der Waals surface area contributed by atoms with Crippen molar-refractivity contribution in [2.75, 3.05) is 12.4 Å². The summed E-state index contributed by atoms with van der Waals surface area (Å²) in [6.45, 7) is 0. The van der Waals surface area contributed by atoms with Crippen LogP contribution in [-0.2, 0) is 4.79 Å². The highest BCUT2D eigenvalue weighted by molar-refractivity contribution is 5.97. The number of carbonyl (C=O) groups excluding carboxylic acids is 1. The maximum atomic E-state index is 12.4. The van der Waals surface area contributed by atoms with E-state index in [0.717, 1.165) is 16.6 Å². The van der Waals surface area contributed by atoms with Crippen molar-refractivity contribution >= 4 is 22.5 Å². The van der Waals surface area contributed by atoms with Crippen LogP contribution in [0.5, 0.6) is 0 Å². The van der Waals surface area contributed by atoms with Gasteiger partial charge in [0, 0.05) is 17.3 Å². The third kappa shape index (κ3) is 2.75. The van der Waals surface area contributed by atoms with E-state index in [-0.39, 0.29) is 5.91 Å². The molecule has 0 aliphatic carbocycles. The molecular formula is C15H15N5O. The van der Waals surface area contributed by atoms with Gasteiger partial charge in [0.15, 0.2) is 0 Å². The standard InChI is InChI=1S/C15H15N5O/c1-16-14(13-4-2-3-7-17-13)15(21)19-11-5-6-12-10(8-11)9-18-20-12/h2-9,14,16H,1H3,(H,18,20)(H,19,21). The molecule has 0 aliphatic heterocycles. The number of fused-ring (bicyclic) bond motifs is 1. The molecule has 2 aromatic heterocycles. The van der Waals surface area contributed by atoms with E-state index in [9.17, 15) is 4.79 Å². The molecular weight excluding hydrogens is 266 g/mol. The van der Waals surface area contributed by atoms with Crippen LogP contribution in [-0.4, -0.2) is 28.1 Å². The van der Waals surface area contributed by atoms with Gasteiger partial charge in [0.25, 0.3) is 0 Å². The molecule has 3 rings (SSSR count). The molecule has 21 heavy (non-hydrogen) atoms. The Bertz CT molecular complexity index is 753. The Morgan fingerprint density at radius 2 is 2.19 bits per heavy atom. The van der Waals surface area contributed by atoms with Gasteiger partial charge in [-0.05, 0) is 37.4 Å². The lowest BCUT2D eigenvalue weighted by molar-refractivity contribution is -0.118. The number of carbonyl (C=O) groups is 1. The average molecular weight is 281 g/mol. The summed E-state index contributed by atoms with van der Waals surface area (Å²) in [6, 6.07) is 10.6. The van der Waals surface area contributed by atoms with Crippen molar-refractivity contribution in [2.24, 2.45) is 0 Å². The highest BCUT2D eigenvalue weighted by Crippen LogP contribution is 2.18. The minimum atomic E-state index is -0.494. The molecule has 0 saturated heterocycles. The Balaban J connectivity index is 1.81. The van der Waals surface area contributed by atoms with Crippen LogP contribution in [0.4, 0.5) is 5.69 Å². The van der Waals surface area contributed by atoms with Gasteiger partial charge in [-0.2, -0.15) is 5.10 Å². The van der Waals surface area contributed by atoms with Gasteiger partial charge >= 0.3 is 0 Å². The largest absolute Gasteiger partial charge is 0.324 e. The third-order valence-electron chi connectivity index (χ3n) is 3.24. The first kappa shape index (κ1) is 13.3. The minimum absolute atomic E-state index is 0.154. The lowest BCUT2D eigenvalue weighted by Crippen LogP contribution is -2.31. The second kappa shape index (κ2) is 5.72. The highest BCUT2D eigenvalue weighted by atomic mass is 16.2. The van der Waals surface area contributed by atoms with E-state index in [0.29, 0.717) is 5.69 Å². The zero-order valence-corrected chi connectivity index (χ0v) is 11.5. The second-order valence-corrected chi connectivity index (χ2v) is 4.64. The smallest absolute Gasteiger partial charge is 0.247 e. The lowest BCUT2D eigenvalue weighted by atomic mass is 10.1. The highest BCUT2D eigenvalue weighted by Gasteiger charge is 2.19. The van der Waals surface area contributed by atoms with Gasteiger partial charge in [-0.3, -0.25) is 14.9 Å². The summed E-state index contributed by atoms with van der Waals surface area (Å²) in [7, 11) is 1.73. The molecule has 106 valence electrons. The van der Waals surface area contributed by atoms with Gasteiger partial charge in [-0.15, -0.1) is 0 Å². The van der Waals surface area contributed by atoms with Crippen LogP contribution in [0.25, 0.3) is 10.9 Å². The molecule has 6 heteroatoms. The molecule has 6 nitrogen and oxygen atoms in total. The predicted molar refractivity (Wildman–Crippen MR) is 80.8 cm³/mol. The monoisotopic (exact) mass is 281 g/mol. The molecule has 0 saturated carbocycles. The van der Waals surface area contributed by atoms with Crippen molar-refractivity contribution in [3.8, 4) is 0 Å². The SMILES string of the molecule is CNC(C(=O)Nc1ccc2[nH]ncc2c1)c1ccccn1. The number of aromatic amines is 1. The number of nitrogens with zero attached hydrogens (tertiary/aromatic N) is 2. The number of hydrogen-bond acceptors (Lipinski definition) is 4. The van der Waals surface area contributed by atoms with E-state index in [4.69, 9.17) is 0 Å². The van der Waals surface area contributed by atoms with Gasteiger partial charge in [0.2, 0.25) is 5.91 Å². The van der Waals surface area contributed by atoms with E-state index < -0.39 is 6.04 Å². The zero-order chi connectivity index (χ0) is 14.7. The van der Waals surface area contributed by atoms with Crippen molar-refractivity contribution in [3.63, 3.8) is 0 Å². The summed E-state index contributed by atoms with van der Waals surface area (Å²) < 4.78 is 0. The first-order valence-electron chi connectivity index (χ1n) is 6.60. The zero-order valence-electron chi connectivity index (χ0n) is 11.5. The number of likely N-dealkylation sites (N-methyl/N-ethyl adjacent to an activating group) is 1. The van der Waals surface area contributed by atoms with Crippen LogP contribution in [0, 0.1) is 0 Å². The van der Waals surface area contributed by atoms with E-state index in [2.05, 4.69) is 25.8 Å². The summed E-state index contributed by atoms with van der Waals surface area (Å²) in [6.07, 6.45) is 3.39. The molecule has 0 spiro atoms. The third-order valence-corrected chi connectivity index (χ3v) is 3.24. The number of nitrogens with one attached hydrogen (secondary N) is 3. The molecule has 1 atom stereocenters. The lowest BCUT2D eigenvalue weighted by Gasteiger charge is -2.15. The van der Waals surface area contributed by atoms with E-state index >= 15 is 0 Å². The molecule has 0 bridgehead atoms. The normalized spacial score (nSPS) is 12.2. The first-order chi connectivity index (χ1) is 10.3. The number of pyridine rings is 1. The summed E-state index contributed by atoms with van der Waals surface area (Å²) in [5.74, 6) is -0.154. The molecule has 0 aliphatic rings. The topological polar surface area (TPSA) is 82.7 Å². The van der Waals surface area contributed by atoms with Crippen molar-refractivity contribution in [1.29, 1.82) is 0 Å². The van der Waals surface area contributed by atoms with E-state index in [1.165, 1.54) is 0 Å². The maximum Gasteiger partial charge on any atom is 0.247 e. The molecule has 2 heterocycles. The first-order valence-corrected chi connectivity index (χ1v) is 6.60. The molecule has 1 aromatic carbocycles. The van der Waals surface area contributed by atoms with Gasteiger partial charge in [0.05, 0.1) is 17.4 Å². The van der Waals surface area contributed by atoms with Gasteiger partial charge in [-0.1, -0.05) is 6.07 Å². The van der Waals surface area contributed by atoms with Crippen LogP contribution >= 0.6 is 0 Å².